The topological polar surface area (TPSA) is 96.9 Å². The molecule has 0 bridgehead atoms. The van der Waals surface area contributed by atoms with Crippen LogP contribution in [0.1, 0.15) is 10.4 Å². The Hall–Kier alpha value is -3.39. The molecular weight excluding hydrogens is 398 g/mol. The van der Waals surface area contributed by atoms with Gasteiger partial charge in [-0.15, -0.1) is 0 Å². The fourth-order valence-corrected chi connectivity index (χ4v) is 3.69. The van der Waals surface area contributed by atoms with Crippen LogP contribution < -0.4 is 10.5 Å². The summed E-state index contributed by atoms with van der Waals surface area (Å²) < 4.78 is 5.26. The molecule has 1 amide bonds. The van der Waals surface area contributed by atoms with Crippen LogP contribution in [0, 0.1) is 10.1 Å². The third kappa shape index (κ3) is 3.66. The highest BCUT2D eigenvalue weighted by Crippen LogP contribution is 2.30. The van der Waals surface area contributed by atoms with Crippen LogP contribution in [0.25, 0.3) is 11.0 Å². The Labute approximate surface area is 170 Å². The number of para-hydroxylation sites is 1. The molecule has 1 aromatic heterocycles. The van der Waals surface area contributed by atoms with Crippen molar-refractivity contribution in [3.8, 4) is 0 Å². The first-order valence-electron chi connectivity index (χ1n) is 8.95. The van der Waals surface area contributed by atoms with E-state index in [0.717, 1.165) is 0 Å². The third-order valence-electron chi connectivity index (χ3n) is 4.92. The summed E-state index contributed by atoms with van der Waals surface area (Å²) in [5.74, 6) is -0.376. The molecule has 0 unspecified atom stereocenters. The predicted octanol–water partition coefficient (Wildman–Crippen LogP) is 3.32. The number of nitro benzene ring substituents is 1. The number of amides is 1. The van der Waals surface area contributed by atoms with Gasteiger partial charge in [0.15, 0.2) is 0 Å². The summed E-state index contributed by atoms with van der Waals surface area (Å²) in [5.41, 5.74) is 0.386. The minimum Gasteiger partial charge on any atom is -0.422 e. The number of fused-ring (bicyclic) bond motifs is 1. The normalized spacial score (nSPS) is 14.2. The van der Waals surface area contributed by atoms with Crippen LogP contribution in [0.3, 0.4) is 0 Å². The standard InChI is InChI=1S/C20H16ClN3O5/c21-16-12-14(24(27)28)5-6-17(16)22-7-9-23(10-8-22)19(25)15-11-13-3-1-2-4-18(13)29-20(15)26/h1-6,11-12H,7-10H2. The lowest BCUT2D eigenvalue weighted by molar-refractivity contribution is -0.384. The fourth-order valence-electron chi connectivity index (χ4n) is 3.40. The molecule has 4 rings (SSSR count). The van der Waals surface area contributed by atoms with Crippen molar-refractivity contribution in [1.82, 2.24) is 4.90 Å². The van der Waals surface area contributed by atoms with Gasteiger partial charge in [-0.2, -0.15) is 0 Å². The van der Waals surface area contributed by atoms with E-state index in [1.54, 1.807) is 35.2 Å². The van der Waals surface area contributed by atoms with Crippen LogP contribution in [0.15, 0.2) is 57.7 Å². The molecule has 9 heteroatoms. The number of carbonyl (C=O) groups is 1. The van der Waals surface area contributed by atoms with Crippen LogP contribution in [0.5, 0.6) is 0 Å². The molecule has 8 nitrogen and oxygen atoms in total. The van der Waals surface area contributed by atoms with E-state index in [1.807, 2.05) is 11.0 Å². The summed E-state index contributed by atoms with van der Waals surface area (Å²) in [5, 5.41) is 11.8. The van der Waals surface area contributed by atoms with E-state index >= 15 is 0 Å². The number of nitro groups is 1. The van der Waals surface area contributed by atoms with E-state index in [0.29, 0.717) is 42.8 Å². The molecule has 1 aliphatic rings. The Bertz CT molecular complexity index is 1170. The van der Waals surface area contributed by atoms with Crippen LogP contribution in [-0.4, -0.2) is 41.9 Å². The number of halogens is 1. The number of anilines is 1. The van der Waals surface area contributed by atoms with E-state index < -0.39 is 10.5 Å². The molecule has 1 saturated heterocycles. The maximum atomic E-state index is 12.8. The second-order valence-corrected chi connectivity index (χ2v) is 7.06. The van der Waals surface area contributed by atoms with Gasteiger partial charge in [0.25, 0.3) is 11.6 Å². The Morgan fingerprint density at radius 1 is 1.07 bits per heavy atom. The Kier molecular flexibility index (Phi) is 4.94. The van der Waals surface area contributed by atoms with Gasteiger partial charge in [-0.3, -0.25) is 14.9 Å². The van der Waals surface area contributed by atoms with Gasteiger partial charge in [0.05, 0.1) is 15.6 Å². The molecule has 1 fully saturated rings. The number of benzene rings is 2. The first-order valence-corrected chi connectivity index (χ1v) is 9.33. The molecule has 0 atom stereocenters. The van der Waals surface area contributed by atoms with Crippen molar-refractivity contribution in [2.45, 2.75) is 0 Å². The van der Waals surface area contributed by atoms with Gasteiger partial charge in [0, 0.05) is 43.7 Å². The van der Waals surface area contributed by atoms with Gasteiger partial charge in [-0.05, 0) is 18.2 Å². The highest BCUT2D eigenvalue weighted by atomic mass is 35.5. The molecule has 3 aromatic rings. The summed E-state index contributed by atoms with van der Waals surface area (Å²) in [4.78, 5) is 39.0. The average Bonchev–Trinajstić information content (AvgIpc) is 2.73. The number of piperazine rings is 1. The van der Waals surface area contributed by atoms with E-state index in [1.165, 1.54) is 12.1 Å². The zero-order valence-corrected chi connectivity index (χ0v) is 16.0. The molecule has 0 saturated carbocycles. The number of hydrogen-bond acceptors (Lipinski definition) is 6. The second kappa shape index (κ2) is 7.56. The number of carbonyl (C=O) groups excluding carboxylic acids is 1. The minimum atomic E-state index is -0.658. The molecule has 0 aliphatic carbocycles. The third-order valence-corrected chi connectivity index (χ3v) is 5.22. The van der Waals surface area contributed by atoms with Gasteiger partial charge in [-0.1, -0.05) is 29.8 Å². The van der Waals surface area contributed by atoms with Gasteiger partial charge >= 0.3 is 5.63 Å². The maximum Gasteiger partial charge on any atom is 0.349 e. The number of hydrogen-bond donors (Lipinski definition) is 0. The number of nitrogens with zero attached hydrogens (tertiary/aromatic N) is 3. The van der Waals surface area contributed by atoms with Crippen LogP contribution >= 0.6 is 11.6 Å². The quantitative estimate of drug-likeness (QED) is 0.371. The van der Waals surface area contributed by atoms with Gasteiger partial charge < -0.3 is 14.2 Å². The zero-order valence-electron chi connectivity index (χ0n) is 15.2. The molecule has 29 heavy (non-hydrogen) atoms. The van der Waals surface area contributed by atoms with Crippen molar-refractivity contribution in [3.05, 3.63) is 79.7 Å². The SMILES string of the molecule is O=C(c1cc2ccccc2oc1=O)N1CCN(c2ccc([N+](=O)[O-])cc2Cl)CC1. The Morgan fingerprint density at radius 2 is 1.79 bits per heavy atom. The highest BCUT2D eigenvalue weighted by molar-refractivity contribution is 6.33. The Balaban J connectivity index is 1.50. The molecule has 148 valence electrons. The van der Waals surface area contributed by atoms with Crippen molar-refractivity contribution in [3.63, 3.8) is 0 Å². The largest absolute Gasteiger partial charge is 0.422 e. The summed E-state index contributed by atoms with van der Waals surface area (Å²) in [6, 6.07) is 12.9. The summed E-state index contributed by atoms with van der Waals surface area (Å²) in [6.45, 7) is 1.75. The smallest absolute Gasteiger partial charge is 0.349 e. The van der Waals surface area contributed by atoms with Crippen LogP contribution in [0.4, 0.5) is 11.4 Å². The van der Waals surface area contributed by atoms with Crippen molar-refractivity contribution in [2.24, 2.45) is 0 Å². The molecule has 0 N–H and O–H groups in total. The summed E-state index contributed by atoms with van der Waals surface area (Å²) in [6.07, 6.45) is 0. The van der Waals surface area contributed by atoms with Crippen molar-refractivity contribution in [1.29, 1.82) is 0 Å². The molecule has 2 aromatic carbocycles. The summed E-state index contributed by atoms with van der Waals surface area (Å²) >= 11 is 6.20. The first-order chi connectivity index (χ1) is 13.9. The number of non-ortho nitro benzene ring substituents is 1. The summed E-state index contributed by atoms with van der Waals surface area (Å²) in [7, 11) is 0. The molecule has 2 heterocycles. The van der Waals surface area contributed by atoms with Gasteiger partial charge in [0.1, 0.15) is 11.1 Å². The highest BCUT2D eigenvalue weighted by Gasteiger charge is 2.26. The molecule has 1 aliphatic heterocycles. The van der Waals surface area contributed by atoms with Crippen molar-refractivity contribution < 1.29 is 14.1 Å². The lowest BCUT2D eigenvalue weighted by atomic mass is 10.1. The van der Waals surface area contributed by atoms with Crippen molar-refractivity contribution in [2.75, 3.05) is 31.1 Å². The van der Waals surface area contributed by atoms with Gasteiger partial charge in [-0.25, -0.2) is 4.79 Å². The van der Waals surface area contributed by atoms with Crippen LogP contribution in [0.2, 0.25) is 5.02 Å². The fraction of sp³-hybridized carbons (Fsp3) is 0.200. The number of rotatable bonds is 3. The van der Waals surface area contributed by atoms with Gasteiger partial charge in [0.2, 0.25) is 0 Å². The average molecular weight is 414 g/mol. The monoisotopic (exact) mass is 413 g/mol. The Morgan fingerprint density at radius 3 is 2.48 bits per heavy atom. The van der Waals surface area contributed by atoms with Crippen molar-refractivity contribution >= 4 is 39.9 Å². The van der Waals surface area contributed by atoms with E-state index in [4.69, 9.17) is 16.0 Å². The molecule has 0 radical (unpaired) electrons. The first kappa shape index (κ1) is 18.9. The second-order valence-electron chi connectivity index (χ2n) is 6.66. The predicted molar refractivity (Wildman–Crippen MR) is 109 cm³/mol. The van der Waals surface area contributed by atoms with E-state index in [-0.39, 0.29) is 22.2 Å². The lowest BCUT2D eigenvalue weighted by Gasteiger charge is -2.36. The van der Waals surface area contributed by atoms with Crippen LogP contribution in [-0.2, 0) is 0 Å². The molecule has 0 spiro atoms. The maximum absolute atomic E-state index is 12.8. The minimum absolute atomic E-state index is 0.00511. The van der Waals surface area contributed by atoms with E-state index in [2.05, 4.69) is 0 Å². The lowest BCUT2D eigenvalue weighted by Crippen LogP contribution is -2.49. The zero-order chi connectivity index (χ0) is 20.5. The molecular formula is C20H16ClN3O5. The van der Waals surface area contributed by atoms with E-state index in [9.17, 15) is 19.7 Å².